The van der Waals surface area contributed by atoms with Crippen LogP contribution in [0, 0.1) is 6.85 Å². The number of hydrogen-bond donors (Lipinski definition) is 0. The Morgan fingerprint density at radius 2 is 1.93 bits per heavy atom. The van der Waals surface area contributed by atoms with Gasteiger partial charge in [0, 0.05) is 22.1 Å². The van der Waals surface area contributed by atoms with Gasteiger partial charge in [-0.3, -0.25) is 9.36 Å². The molecule has 0 aliphatic rings. The molecule has 1 heterocycles. The summed E-state index contributed by atoms with van der Waals surface area (Å²) >= 11 is 0. The van der Waals surface area contributed by atoms with Gasteiger partial charge in [-0.25, -0.2) is 0 Å². The molecule has 0 saturated carbocycles. The summed E-state index contributed by atoms with van der Waals surface area (Å²) in [5.74, 6) is 0. The Labute approximate surface area is 86.7 Å². The zero-order valence-corrected chi connectivity index (χ0v) is 7.47. The van der Waals surface area contributed by atoms with E-state index in [4.69, 9.17) is 4.11 Å². The SMILES string of the molecule is [2H]C([2H])([2H])c1ccc(=O)n(-c2ccccc2)c1. The van der Waals surface area contributed by atoms with Crippen LogP contribution < -0.4 is 5.56 Å². The van der Waals surface area contributed by atoms with E-state index in [1.807, 2.05) is 6.07 Å². The molecule has 2 rings (SSSR count). The highest BCUT2D eigenvalue weighted by atomic mass is 16.1. The van der Waals surface area contributed by atoms with Gasteiger partial charge >= 0.3 is 0 Å². The molecule has 0 spiro atoms. The highest BCUT2D eigenvalue weighted by Crippen LogP contribution is 2.04. The van der Waals surface area contributed by atoms with Crippen molar-refractivity contribution in [3.63, 3.8) is 0 Å². The van der Waals surface area contributed by atoms with Gasteiger partial charge in [0.15, 0.2) is 0 Å². The first kappa shape index (κ1) is 5.81. The van der Waals surface area contributed by atoms with E-state index in [9.17, 15) is 4.79 Å². The van der Waals surface area contributed by atoms with E-state index < -0.39 is 6.85 Å². The Hall–Kier alpha value is -1.83. The van der Waals surface area contributed by atoms with E-state index in [0.29, 0.717) is 5.69 Å². The lowest BCUT2D eigenvalue weighted by Crippen LogP contribution is -2.16. The normalized spacial score (nSPS) is 14.1. The summed E-state index contributed by atoms with van der Waals surface area (Å²) < 4.78 is 23.3. The first-order valence-electron chi connectivity index (χ1n) is 5.77. The van der Waals surface area contributed by atoms with Crippen LogP contribution in [0.3, 0.4) is 0 Å². The van der Waals surface area contributed by atoms with Crippen LogP contribution in [0.2, 0.25) is 0 Å². The zero-order chi connectivity index (χ0) is 12.5. The molecule has 1 aromatic heterocycles. The predicted octanol–water partition coefficient (Wildman–Crippen LogP) is 2.15. The second kappa shape index (κ2) is 3.50. The van der Waals surface area contributed by atoms with Gasteiger partial charge in [-0.1, -0.05) is 24.3 Å². The van der Waals surface area contributed by atoms with Crippen molar-refractivity contribution in [1.82, 2.24) is 4.57 Å². The summed E-state index contributed by atoms with van der Waals surface area (Å²) in [4.78, 5) is 11.7. The first-order valence-corrected chi connectivity index (χ1v) is 4.27. The van der Waals surface area contributed by atoms with Crippen LogP contribution in [0.4, 0.5) is 0 Å². The monoisotopic (exact) mass is 188 g/mol. The lowest BCUT2D eigenvalue weighted by Gasteiger charge is -2.05. The molecule has 70 valence electrons. The fourth-order valence-corrected chi connectivity index (χ4v) is 1.28. The average Bonchev–Trinajstić information content (AvgIpc) is 2.29. The molecule has 0 aliphatic heterocycles. The smallest absolute Gasteiger partial charge is 0.255 e. The lowest BCUT2D eigenvalue weighted by atomic mass is 10.3. The Morgan fingerprint density at radius 3 is 2.64 bits per heavy atom. The van der Waals surface area contributed by atoms with Gasteiger partial charge in [0.05, 0.1) is 0 Å². The minimum Gasteiger partial charge on any atom is -0.284 e. The third-order valence-electron chi connectivity index (χ3n) is 1.95. The van der Waals surface area contributed by atoms with Crippen molar-refractivity contribution in [2.45, 2.75) is 6.85 Å². The van der Waals surface area contributed by atoms with Crippen molar-refractivity contribution < 1.29 is 4.11 Å². The Bertz CT molecular complexity index is 572. The summed E-state index contributed by atoms with van der Waals surface area (Å²) in [6.07, 6.45) is 1.37. The molecule has 0 aliphatic carbocycles. The van der Waals surface area contributed by atoms with Crippen molar-refractivity contribution in [3.05, 3.63) is 64.6 Å². The largest absolute Gasteiger partial charge is 0.284 e. The van der Waals surface area contributed by atoms with Crippen LogP contribution in [0.25, 0.3) is 5.69 Å². The van der Waals surface area contributed by atoms with Gasteiger partial charge in [-0.05, 0) is 24.5 Å². The predicted molar refractivity (Wildman–Crippen MR) is 56.8 cm³/mol. The molecule has 0 fully saturated rings. The number of nitrogens with zero attached hydrogens (tertiary/aromatic N) is 1. The van der Waals surface area contributed by atoms with Crippen LogP contribution in [0.5, 0.6) is 0 Å². The van der Waals surface area contributed by atoms with Gasteiger partial charge in [0.2, 0.25) is 0 Å². The first-order chi connectivity index (χ1) is 7.98. The topological polar surface area (TPSA) is 22.0 Å². The van der Waals surface area contributed by atoms with Crippen molar-refractivity contribution in [1.29, 1.82) is 0 Å². The fraction of sp³-hybridized carbons (Fsp3) is 0.0833. The Balaban J connectivity index is 2.59. The number of para-hydroxylation sites is 1. The van der Waals surface area contributed by atoms with Crippen molar-refractivity contribution in [3.8, 4) is 5.69 Å². The summed E-state index contributed by atoms with van der Waals surface area (Å²) in [6.45, 7) is -2.20. The van der Waals surface area contributed by atoms with Gasteiger partial charge in [0.1, 0.15) is 0 Å². The molecule has 2 nitrogen and oxygen atoms in total. The number of aryl methyl sites for hydroxylation is 1. The molecule has 14 heavy (non-hydrogen) atoms. The van der Waals surface area contributed by atoms with E-state index in [-0.39, 0.29) is 11.1 Å². The van der Waals surface area contributed by atoms with Crippen molar-refractivity contribution in [2.75, 3.05) is 0 Å². The molecule has 2 heteroatoms. The van der Waals surface area contributed by atoms with Gasteiger partial charge < -0.3 is 0 Å². The third kappa shape index (κ3) is 1.59. The second-order valence-corrected chi connectivity index (χ2v) is 2.96. The highest BCUT2D eigenvalue weighted by Gasteiger charge is 1.97. The molecule has 0 bridgehead atoms. The summed E-state index contributed by atoms with van der Waals surface area (Å²) in [5.41, 5.74) is 0.564. The lowest BCUT2D eigenvalue weighted by molar-refractivity contribution is 0.976. The molecular weight excluding hydrogens is 174 g/mol. The minimum absolute atomic E-state index is 0.154. The van der Waals surface area contributed by atoms with E-state index in [1.165, 1.54) is 22.9 Å². The maximum absolute atomic E-state index is 11.7. The summed E-state index contributed by atoms with van der Waals surface area (Å²) in [7, 11) is 0. The molecule has 0 atom stereocenters. The molecule has 0 radical (unpaired) electrons. The summed E-state index contributed by atoms with van der Waals surface area (Å²) in [5, 5.41) is 0. The highest BCUT2D eigenvalue weighted by molar-refractivity contribution is 5.32. The molecule has 2 aromatic rings. The number of benzene rings is 1. The van der Waals surface area contributed by atoms with Crippen LogP contribution in [0.15, 0.2) is 53.5 Å². The van der Waals surface area contributed by atoms with Gasteiger partial charge in [0.25, 0.3) is 5.56 Å². The molecular formula is C12H11NO. The van der Waals surface area contributed by atoms with E-state index in [0.717, 1.165) is 0 Å². The van der Waals surface area contributed by atoms with Crippen LogP contribution in [0.1, 0.15) is 9.68 Å². The molecule has 0 saturated heterocycles. The fourth-order valence-electron chi connectivity index (χ4n) is 1.28. The molecule has 0 N–H and O–H groups in total. The van der Waals surface area contributed by atoms with E-state index in [1.54, 1.807) is 24.3 Å². The van der Waals surface area contributed by atoms with Crippen LogP contribution in [-0.2, 0) is 0 Å². The summed E-state index contributed by atoms with van der Waals surface area (Å²) in [6, 6.07) is 11.6. The number of pyridine rings is 1. The zero-order valence-electron chi connectivity index (χ0n) is 10.5. The quantitative estimate of drug-likeness (QED) is 0.672. The molecule has 0 unspecified atom stereocenters. The number of aromatic nitrogens is 1. The molecule has 1 aromatic carbocycles. The minimum atomic E-state index is -2.20. The molecule has 0 amide bonds. The van der Waals surface area contributed by atoms with E-state index in [2.05, 4.69) is 0 Å². The standard InChI is InChI=1S/C12H11NO/c1-10-7-8-12(14)13(9-10)11-5-3-2-4-6-11/h2-9H,1H3/i1D3. The Kier molecular flexibility index (Phi) is 1.45. The Morgan fingerprint density at radius 1 is 1.14 bits per heavy atom. The van der Waals surface area contributed by atoms with Gasteiger partial charge in [-0.2, -0.15) is 0 Å². The van der Waals surface area contributed by atoms with Crippen LogP contribution >= 0.6 is 0 Å². The number of rotatable bonds is 1. The third-order valence-corrected chi connectivity index (χ3v) is 1.95. The van der Waals surface area contributed by atoms with Crippen molar-refractivity contribution in [2.24, 2.45) is 0 Å². The van der Waals surface area contributed by atoms with Crippen LogP contribution in [-0.4, -0.2) is 4.57 Å². The average molecular weight is 188 g/mol. The van der Waals surface area contributed by atoms with Gasteiger partial charge in [-0.15, -0.1) is 0 Å². The maximum Gasteiger partial charge on any atom is 0.255 e. The second-order valence-electron chi connectivity index (χ2n) is 2.96. The number of hydrogen-bond acceptors (Lipinski definition) is 1. The maximum atomic E-state index is 11.7. The van der Waals surface area contributed by atoms with Crippen molar-refractivity contribution >= 4 is 0 Å². The van der Waals surface area contributed by atoms with E-state index >= 15 is 0 Å².